The number of hydrogen-bond acceptors (Lipinski definition) is 4. The van der Waals surface area contributed by atoms with Crippen molar-refractivity contribution < 1.29 is 0 Å². The van der Waals surface area contributed by atoms with Crippen molar-refractivity contribution in [3.05, 3.63) is 182 Å². The molecule has 7 heteroatoms. The van der Waals surface area contributed by atoms with Crippen LogP contribution in [0.2, 0.25) is 0 Å². The SMILES string of the molecule is c1ccc2c(c1)sc1c(-c3nc(-n4c5ccccc5c5ccccc54)nc(-n4c5ccccc5c5ccccc54)n3)c(-n3c4ccccc4c4ccccc43)ccc12. The van der Waals surface area contributed by atoms with E-state index in [1.165, 1.54) is 26.2 Å². The molecule has 0 aliphatic rings. The maximum absolute atomic E-state index is 5.59. The Morgan fingerprint density at radius 3 is 1.10 bits per heavy atom. The largest absolute Gasteiger partial charge is 0.308 e. The van der Waals surface area contributed by atoms with Crippen molar-refractivity contribution in [1.29, 1.82) is 0 Å². The summed E-state index contributed by atoms with van der Waals surface area (Å²) in [6.45, 7) is 0. The van der Waals surface area contributed by atoms with Crippen molar-refractivity contribution in [2.75, 3.05) is 0 Å². The molecule has 0 fully saturated rings. The molecule has 0 atom stereocenters. The third-order valence-corrected chi connectivity index (χ3v) is 12.9. The fourth-order valence-electron chi connectivity index (χ4n) is 9.30. The van der Waals surface area contributed by atoms with Crippen LogP contribution in [0.15, 0.2) is 182 Å². The van der Waals surface area contributed by atoms with E-state index < -0.39 is 0 Å². The fourth-order valence-corrected chi connectivity index (χ4v) is 10.5. The summed E-state index contributed by atoms with van der Waals surface area (Å²) in [7, 11) is 0. The molecule has 0 unspecified atom stereocenters. The van der Waals surface area contributed by atoms with Gasteiger partial charge in [0, 0.05) is 52.5 Å². The van der Waals surface area contributed by atoms with Crippen LogP contribution in [-0.2, 0) is 0 Å². The second-order valence-corrected chi connectivity index (χ2v) is 15.9. The second kappa shape index (κ2) is 11.9. The van der Waals surface area contributed by atoms with Gasteiger partial charge in [-0.25, -0.2) is 0 Å². The molecule has 0 bridgehead atoms. The molecule has 0 aliphatic carbocycles. The molecule has 0 saturated carbocycles. The summed E-state index contributed by atoms with van der Waals surface area (Å²) in [6.07, 6.45) is 0. The number of thiophene rings is 1. The molecule has 270 valence electrons. The predicted molar refractivity (Wildman–Crippen MR) is 241 cm³/mol. The van der Waals surface area contributed by atoms with Gasteiger partial charge in [0.2, 0.25) is 11.9 Å². The first-order chi connectivity index (χ1) is 28.8. The van der Waals surface area contributed by atoms with Gasteiger partial charge >= 0.3 is 0 Å². The first-order valence-corrected chi connectivity index (χ1v) is 20.3. The number of benzene rings is 8. The van der Waals surface area contributed by atoms with Gasteiger partial charge in [0.25, 0.3) is 0 Å². The quantitative estimate of drug-likeness (QED) is 0.180. The summed E-state index contributed by atoms with van der Waals surface area (Å²) in [5.74, 6) is 1.73. The Balaban J connectivity index is 1.22. The predicted octanol–water partition coefficient (Wildman–Crippen LogP) is 13.2. The number of hydrogen-bond donors (Lipinski definition) is 0. The Bertz CT molecular complexity index is 3530. The molecule has 0 amide bonds. The van der Waals surface area contributed by atoms with E-state index in [9.17, 15) is 0 Å². The molecule has 5 aromatic heterocycles. The minimum atomic E-state index is 0.561. The van der Waals surface area contributed by atoms with Gasteiger partial charge in [0.05, 0.1) is 44.4 Å². The maximum atomic E-state index is 5.59. The maximum Gasteiger partial charge on any atom is 0.240 e. The highest BCUT2D eigenvalue weighted by Crippen LogP contribution is 2.45. The van der Waals surface area contributed by atoms with E-state index in [-0.39, 0.29) is 0 Å². The van der Waals surface area contributed by atoms with Crippen molar-refractivity contribution in [3.8, 4) is 29.0 Å². The molecule has 13 rings (SSSR count). The molecule has 0 N–H and O–H groups in total. The molecule has 0 spiro atoms. The van der Waals surface area contributed by atoms with E-state index in [0.717, 1.165) is 70.6 Å². The standard InChI is InChI=1S/C51H30N6S/c1-8-22-39-31(15-1)32-16-2-9-23-40(32)55(39)45-30-29-38-37-21-7-14-28-46(37)58-48(38)47(45)49-52-50(56-41-24-10-3-17-33(41)34-18-4-11-25-42(34)56)54-51(53-49)57-43-26-12-5-19-35(43)36-20-6-13-27-44(36)57/h1-30H. The van der Waals surface area contributed by atoms with Gasteiger partial charge in [-0.05, 0) is 48.5 Å². The summed E-state index contributed by atoms with van der Waals surface area (Å²) in [4.78, 5) is 16.6. The van der Waals surface area contributed by atoms with Crippen LogP contribution in [0.3, 0.4) is 0 Å². The summed E-state index contributed by atoms with van der Waals surface area (Å²) in [5, 5.41) is 9.40. The molecule has 6 nitrogen and oxygen atoms in total. The van der Waals surface area contributed by atoms with Crippen molar-refractivity contribution in [2.24, 2.45) is 0 Å². The second-order valence-electron chi connectivity index (χ2n) is 14.8. The van der Waals surface area contributed by atoms with Crippen molar-refractivity contribution in [3.63, 3.8) is 0 Å². The van der Waals surface area contributed by atoms with E-state index in [1.807, 2.05) is 0 Å². The van der Waals surface area contributed by atoms with E-state index >= 15 is 0 Å². The van der Waals surface area contributed by atoms with Crippen LogP contribution < -0.4 is 0 Å². The minimum absolute atomic E-state index is 0.561. The van der Waals surface area contributed by atoms with Crippen molar-refractivity contribution >= 4 is 96.9 Å². The Kier molecular flexibility index (Phi) is 6.50. The smallest absolute Gasteiger partial charge is 0.240 e. The third kappa shape index (κ3) is 4.33. The van der Waals surface area contributed by atoms with Gasteiger partial charge in [0.1, 0.15) is 0 Å². The van der Waals surface area contributed by atoms with Crippen LogP contribution >= 0.6 is 11.3 Å². The van der Waals surface area contributed by atoms with Gasteiger partial charge < -0.3 is 4.57 Å². The molecule has 5 heterocycles. The van der Waals surface area contributed by atoms with Crippen LogP contribution in [0.5, 0.6) is 0 Å². The highest BCUT2D eigenvalue weighted by Gasteiger charge is 2.25. The molecule has 0 saturated heterocycles. The van der Waals surface area contributed by atoms with Gasteiger partial charge in [0.15, 0.2) is 5.82 Å². The lowest BCUT2D eigenvalue weighted by atomic mass is 10.1. The Labute approximate surface area is 335 Å². The summed E-state index contributed by atoms with van der Waals surface area (Å²) < 4.78 is 9.16. The molecule has 13 aromatic rings. The Morgan fingerprint density at radius 1 is 0.310 bits per heavy atom. The molecular formula is C51H30N6S. The van der Waals surface area contributed by atoms with Crippen LogP contribution in [0.25, 0.3) is 115 Å². The van der Waals surface area contributed by atoms with Crippen LogP contribution in [0.1, 0.15) is 0 Å². The van der Waals surface area contributed by atoms with E-state index in [4.69, 9.17) is 15.0 Å². The number of aromatic nitrogens is 6. The van der Waals surface area contributed by atoms with Crippen molar-refractivity contribution in [2.45, 2.75) is 0 Å². The number of nitrogens with zero attached hydrogens (tertiary/aromatic N) is 6. The van der Waals surface area contributed by atoms with Gasteiger partial charge in [-0.2, -0.15) is 15.0 Å². The van der Waals surface area contributed by atoms with Gasteiger partial charge in [-0.3, -0.25) is 9.13 Å². The minimum Gasteiger partial charge on any atom is -0.308 e. The summed E-state index contributed by atoms with van der Waals surface area (Å²) >= 11 is 1.79. The first-order valence-electron chi connectivity index (χ1n) is 19.5. The zero-order valence-corrected chi connectivity index (χ0v) is 31.7. The summed E-state index contributed by atoms with van der Waals surface area (Å²) in [5.41, 5.74) is 8.40. The summed E-state index contributed by atoms with van der Waals surface area (Å²) in [6, 6.07) is 64.7. The third-order valence-electron chi connectivity index (χ3n) is 11.7. The van der Waals surface area contributed by atoms with E-state index in [1.54, 1.807) is 11.3 Å². The lowest BCUT2D eigenvalue weighted by Crippen LogP contribution is -2.11. The normalized spacial score (nSPS) is 12.1. The first kappa shape index (κ1) is 31.6. The molecule has 8 aromatic carbocycles. The Hall–Kier alpha value is -7.61. The fraction of sp³-hybridized carbons (Fsp3) is 0. The number of rotatable bonds is 4. The van der Waals surface area contributed by atoms with Crippen LogP contribution in [0, 0.1) is 0 Å². The lowest BCUT2D eigenvalue weighted by molar-refractivity contribution is 0.893. The number of para-hydroxylation sites is 6. The number of fused-ring (bicyclic) bond motifs is 12. The van der Waals surface area contributed by atoms with Gasteiger partial charge in [-0.1, -0.05) is 133 Å². The zero-order valence-electron chi connectivity index (χ0n) is 30.9. The molecule has 0 aliphatic heterocycles. The highest BCUT2D eigenvalue weighted by atomic mass is 32.1. The lowest BCUT2D eigenvalue weighted by Gasteiger charge is -2.17. The molecule has 0 radical (unpaired) electrons. The molecule has 58 heavy (non-hydrogen) atoms. The van der Waals surface area contributed by atoms with E-state index in [2.05, 4.69) is 196 Å². The highest BCUT2D eigenvalue weighted by molar-refractivity contribution is 7.26. The zero-order chi connectivity index (χ0) is 37.9. The van der Waals surface area contributed by atoms with Crippen LogP contribution in [-0.4, -0.2) is 28.7 Å². The van der Waals surface area contributed by atoms with Crippen LogP contribution in [0.4, 0.5) is 0 Å². The topological polar surface area (TPSA) is 53.5 Å². The Morgan fingerprint density at radius 2 is 0.672 bits per heavy atom. The average molecular weight is 759 g/mol. The molecular weight excluding hydrogens is 729 g/mol. The average Bonchev–Trinajstić information content (AvgIpc) is 4.02. The van der Waals surface area contributed by atoms with Crippen molar-refractivity contribution in [1.82, 2.24) is 28.7 Å². The van der Waals surface area contributed by atoms with E-state index in [0.29, 0.717) is 17.7 Å². The van der Waals surface area contributed by atoms with Gasteiger partial charge in [-0.15, -0.1) is 11.3 Å². The monoisotopic (exact) mass is 758 g/mol.